The van der Waals surface area contributed by atoms with Crippen molar-refractivity contribution in [3.8, 4) is 0 Å². The van der Waals surface area contributed by atoms with E-state index in [4.69, 9.17) is 5.11 Å². The number of hydrogen-bond donors (Lipinski definition) is 1. The maximum atomic E-state index is 10.7. The van der Waals surface area contributed by atoms with Gasteiger partial charge in [0, 0.05) is 13.1 Å². The molecule has 0 heterocycles. The van der Waals surface area contributed by atoms with Crippen molar-refractivity contribution in [1.82, 2.24) is 4.90 Å². The molecule has 0 saturated heterocycles. The number of unbranched alkanes of at least 4 members (excludes halogenated alkanes) is 11. The summed E-state index contributed by atoms with van der Waals surface area (Å²) in [5.41, 5.74) is 0. The summed E-state index contributed by atoms with van der Waals surface area (Å²) in [5.74, 6) is -2.03. The summed E-state index contributed by atoms with van der Waals surface area (Å²) in [4.78, 5) is 22.9. The van der Waals surface area contributed by atoms with E-state index in [-0.39, 0.29) is 49.1 Å². The average molecular weight is 365 g/mol. The quantitative estimate of drug-likeness (QED) is 0.278. The third-order valence-corrected chi connectivity index (χ3v) is 4.32. The van der Waals surface area contributed by atoms with Crippen LogP contribution < -0.4 is 34.7 Å². The fourth-order valence-electron chi connectivity index (χ4n) is 2.88. The molecule has 0 radical (unpaired) electrons. The number of carboxylic acids is 2. The van der Waals surface area contributed by atoms with Crippen LogP contribution in [0.15, 0.2) is 0 Å². The van der Waals surface area contributed by atoms with Crippen LogP contribution in [0.4, 0.5) is 0 Å². The first kappa shape index (κ1) is 27.1. The molecule has 0 atom stereocenters. The van der Waals surface area contributed by atoms with E-state index >= 15 is 0 Å². The summed E-state index contributed by atoms with van der Waals surface area (Å²) in [7, 11) is 0. The molecule has 1 N–H and O–H groups in total. The van der Waals surface area contributed by atoms with Gasteiger partial charge in [-0.3, -0.25) is 9.69 Å². The molecule has 0 aromatic rings. The number of rotatable bonds is 18. The summed E-state index contributed by atoms with van der Waals surface area (Å²) in [6, 6.07) is 0. The number of carboxylic acid groups (broad SMARTS) is 2. The van der Waals surface area contributed by atoms with Gasteiger partial charge in [-0.05, 0) is 13.0 Å². The van der Waals surface area contributed by atoms with Crippen molar-refractivity contribution in [1.29, 1.82) is 0 Å². The fraction of sp³-hybridized carbons (Fsp3) is 0.895. The zero-order valence-electron chi connectivity index (χ0n) is 16.4. The minimum Gasteiger partial charge on any atom is -0.549 e. The van der Waals surface area contributed by atoms with E-state index in [1.807, 2.05) is 0 Å². The molecular weight excluding hydrogens is 329 g/mol. The molecule has 25 heavy (non-hydrogen) atoms. The predicted molar refractivity (Wildman–Crippen MR) is 94.8 cm³/mol. The molecule has 0 aliphatic carbocycles. The fourth-order valence-corrected chi connectivity index (χ4v) is 2.88. The maximum absolute atomic E-state index is 10.7. The third-order valence-electron chi connectivity index (χ3n) is 4.32. The van der Waals surface area contributed by atoms with E-state index < -0.39 is 11.9 Å². The number of hydrogen-bond acceptors (Lipinski definition) is 4. The standard InChI is InChI=1S/C19H37NO4.Na/c1-2-3-4-5-6-7-8-9-10-11-12-13-15-20(17-19(23)24)16-14-18(21)22;/h2-17H2,1H3,(H,21,22)(H,23,24);/q;+1/p-1. The first-order valence-corrected chi connectivity index (χ1v) is 9.70. The summed E-state index contributed by atoms with van der Waals surface area (Å²) in [6.07, 6.45) is 15.1. The molecule has 0 unspecified atom stereocenters. The zero-order chi connectivity index (χ0) is 18.0. The molecule has 0 fully saturated rings. The van der Waals surface area contributed by atoms with Crippen molar-refractivity contribution in [3.63, 3.8) is 0 Å². The van der Waals surface area contributed by atoms with Crippen LogP contribution in [-0.2, 0) is 9.59 Å². The smallest absolute Gasteiger partial charge is 0.549 e. The molecular formula is C19H36NNaO4. The molecule has 0 aromatic carbocycles. The van der Waals surface area contributed by atoms with Gasteiger partial charge in [-0.2, -0.15) is 0 Å². The Morgan fingerprint density at radius 2 is 1.24 bits per heavy atom. The Bertz CT molecular complexity index is 327. The van der Waals surface area contributed by atoms with Gasteiger partial charge in [0.05, 0.1) is 12.4 Å². The van der Waals surface area contributed by atoms with Gasteiger partial charge in [0.15, 0.2) is 0 Å². The molecule has 0 saturated carbocycles. The Morgan fingerprint density at radius 3 is 1.64 bits per heavy atom. The van der Waals surface area contributed by atoms with Crippen LogP contribution in [0, 0.1) is 0 Å². The van der Waals surface area contributed by atoms with Crippen LogP contribution in [0.3, 0.4) is 0 Å². The second-order valence-electron chi connectivity index (χ2n) is 6.68. The van der Waals surface area contributed by atoms with Crippen LogP contribution in [0.1, 0.15) is 90.4 Å². The largest absolute Gasteiger partial charge is 1.00 e. The van der Waals surface area contributed by atoms with Crippen molar-refractivity contribution in [2.45, 2.75) is 90.4 Å². The second kappa shape index (κ2) is 20.2. The molecule has 0 spiro atoms. The molecule has 0 aliphatic rings. The summed E-state index contributed by atoms with van der Waals surface area (Å²) in [6.45, 7) is 2.98. The second-order valence-corrected chi connectivity index (χ2v) is 6.68. The Balaban J connectivity index is 0. The average Bonchev–Trinajstić information content (AvgIpc) is 2.52. The van der Waals surface area contributed by atoms with Crippen molar-refractivity contribution < 1.29 is 49.4 Å². The van der Waals surface area contributed by atoms with Gasteiger partial charge in [-0.15, -0.1) is 0 Å². The summed E-state index contributed by atoms with van der Waals surface area (Å²) < 4.78 is 0. The Morgan fingerprint density at radius 1 is 0.800 bits per heavy atom. The van der Waals surface area contributed by atoms with Gasteiger partial charge in [-0.25, -0.2) is 0 Å². The monoisotopic (exact) mass is 365 g/mol. The van der Waals surface area contributed by atoms with E-state index in [0.717, 1.165) is 12.8 Å². The van der Waals surface area contributed by atoms with Crippen LogP contribution in [0.2, 0.25) is 0 Å². The minimum absolute atomic E-state index is 0. The zero-order valence-corrected chi connectivity index (χ0v) is 18.4. The van der Waals surface area contributed by atoms with Crippen LogP contribution in [0.5, 0.6) is 0 Å². The SMILES string of the molecule is CCCCCCCCCCCCCCN(CCC(=O)O)CC(=O)[O-].[Na+]. The van der Waals surface area contributed by atoms with Crippen molar-refractivity contribution in [2.24, 2.45) is 0 Å². The van der Waals surface area contributed by atoms with E-state index in [1.165, 1.54) is 64.2 Å². The van der Waals surface area contributed by atoms with Crippen LogP contribution >= 0.6 is 0 Å². The molecule has 0 aromatic heterocycles. The van der Waals surface area contributed by atoms with Crippen molar-refractivity contribution >= 4 is 11.9 Å². The van der Waals surface area contributed by atoms with Crippen molar-refractivity contribution in [2.75, 3.05) is 19.6 Å². The predicted octanol–water partition coefficient (Wildman–Crippen LogP) is 0.218. The maximum Gasteiger partial charge on any atom is 1.00 e. The Labute approximate surface area is 175 Å². The minimum atomic E-state index is -1.14. The molecule has 0 aliphatic heterocycles. The molecule has 6 heteroatoms. The summed E-state index contributed by atoms with van der Waals surface area (Å²) in [5, 5.41) is 19.4. The molecule has 5 nitrogen and oxygen atoms in total. The van der Waals surface area contributed by atoms with E-state index in [2.05, 4.69) is 6.92 Å². The topological polar surface area (TPSA) is 80.7 Å². The van der Waals surface area contributed by atoms with Gasteiger partial charge in [0.25, 0.3) is 0 Å². The number of carbonyl (C=O) groups excluding carboxylic acids is 1. The van der Waals surface area contributed by atoms with Gasteiger partial charge in [0.2, 0.25) is 0 Å². The van der Waals surface area contributed by atoms with Gasteiger partial charge >= 0.3 is 35.5 Å². The number of carbonyl (C=O) groups is 2. The van der Waals surface area contributed by atoms with Crippen LogP contribution in [-0.4, -0.2) is 41.6 Å². The van der Waals surface area contributed by atoms with Gasteiger partial charge < -0.3 is 15.0 Å². The Kier molecular flexibility index (Phi) is 21.9. The van der Waals surface area contributed by atoms with Crippen molar-refractivity contribution in [3.05, 3.63) is 0 Å². The summed E-state index contributed by atoms with van der Waals surface area (Å²) >= 11 is 0. The van der Waals surface area contributed by atoms with Gasteiger partial charge in [0.1, 0.15) is 0 Å². The Hall–Kier alpha value is -0.100. The van der Waals surface area contributed by atoms with E-state index in [9.17, 15) is 14.7 Å². The first-order valence-electron chi connectivity index (χ1n) is 9.70. The van der Waals surface area contributed by atoms with E-state index in [0.29, 0.717) is 6.54 Å². The third kappa shape index (κ3) is 21.9. The molecule has 0 amide bonds. The number of nitrogens with zero attached hydrogens (tertiary/aromatic N) is 1. The molecule has 0 rings (SSSR count). The first-order chi connectivity index (χ1) is 11.6. The number of aliphatic carboxylic acids is 2. The normalized spacial score (nSPS) is 10.6. The molecule has 142 valence electrons. The van der Waals surface area contributed by atoms with Gasteiger partial charge in [-0.1, -0.05) is 77.6 Å². The van der Waals surface area contributed by atoms with Crippen LogP contribution in [0.25, 0.3) is 0 Å². The van der Waals surface area contributed by atoms with E-state index in [1.54, 1.807) is 4.90 Å². The molecule has 0 bridgehead atoms.